The normalized spacial score (nSPS) is 22.4. The minimum Gasteiger partial charge on any atom is -0.481 e. The smallest absolute Gasteiger partial charge is 0.308 e. The Kier molecular flexibility index (Phi) is 4.33. The van der Waals surface area contributed by atoms with Gasteiger partial charge in [0.2, 0.25) is 0 Å². The van der Waals surface area contributed by atoms with Gasteiger partial charge in [-0.1, -0.05) is 51.4 Å². The predicted octanol–water partition coefficient (Wildman–Crippen LogP) is 5.55. The summed E-state index contributed by atoms with van der Waals surface area (Å²) in [7, 11) is 3.18. The molecule has 0 amide bonds. The molecule has 3 aliphatic rings. The van der Waals surface area contributed by atoms with Gasteiger partial charge in [-0.25, -0.2) is 0 Å². The Morgan fingerprint density at radius 1 is 1.38 bits per heavy atom. The Morgan fingerprint density at radius 3 is 3.00 bits per heavy atom. The molecule has 6 heteroatoms. The molecule has 1 aromatic carbocycles. The molecule has 2 aliphatic heterocycles. The Balaban J connectivity index is 1.84. The van der Waals surface area contributed by atoms with E-state index in [-0.39, 0.29) is 12.3 Å². The lowest BCUT2D eigenvalue weighted by Crippen LogP contribution is -2.10. The van der Waals surface area contributed by atoms with E-state index in [2.05, 4.69) is 10.4 Å². The van der Waals surface area contributed by atoms with Crippen LogP contribution in [0.3, 0.4) is 0 Å². The van der Waals surface area contributed by atoms with Crippen LogP contribution in [0.15, 0.2) is 56.3 Å². The van der Waals surface area contributed by atoms with Crippen LogP contribution in [0.25, 0.3) is 5.70 Å². The largest absolute Gasteiger partial charge is 0.481 e. The van der Waals surface area contributed by atoms with E-state index in [1.54, 1.807) is 21.6 Å². The topological polar surface area (TPSA) is 49.7 Å². The van der Waals surface area contributed by atoms with E-state index >= 15 is 0 Å². The highest BCUT2D eigenvalue weighted by Crippen LogP contribution is 2.56. The molecule has 4 rings (SSSR count). The Labute approximate surface area is 153 Å². The molecule has 1 aliphatic carbocycles. The molecule has 122 valence electrons. The number of aliphatic carboxylic acids is 1. The minimum atomic E-state index is -0.778. The fourth-order valence-corrected chi connectivity index (χ4v) is 6.03. The molecular formula is C18H14ClNO2S2. The van der Waals surface area contributed by atoms with Crippen molar-refractivity contribution in [2.45, 2.75) is 19.3 Å². The molecule has 0 bridgehead atoms. The summed E-state index contributed by atoms with van der Waals surface area (Å²) in [5.74, 6) is -0.553. The standard InChI is InChI=1S/C18H14ClNO2S2/c19-14-4-2-1-3-12(14)18-13-7-10-9-23-24-15(8-16(21)22)17(10)11(13)5-6-20-18/h1-4,6,9,11H,5,7-8H2,(H,21,22). The Morgan fingerprint density at radius 2 is 2.21 bits per heavy atom. The highest BCUT2D eigenvalue weighted by atomic mass is 35.5. The van der Waals surface area contributed by atoms with E-state index in [1.165, 1.54) is 16.7 Å². The van der Waals surface area contributed by atoms with Crippen molar-refractivity contribution < 1.29 is 9.90 Å². The molecule has 1 N–H and O–H groups in total. The van der Waals surface area contributed by atoms with Crippen LogP contribution >= 0.6 is 33.2 Å². The van der Waals surface area contributed by atoms with E-state index in [1.807, 2.05) is 30.5 Å². The second-order valence-electron chi connectivity index (χ2n) is 5.86. The lowest BCUT2D eigenvalue weighted by molar-refractivity contribution is -0.136. The van der Waals surface area contributed by atoms with Crippen molar-refractivity contribution in [2.24, 2.45) is 10.9 Å². The zero-order valence-electron chi connectivity index (χ0n) is 12.7. The molecule has 1 saturated carbocycles. The highest BCUT2D eigenvalue weighted by Gasteiger charge is 2.38. The molecule has 24 heavy (non-hydrogen) atoms. The second-order valence-corrected chi connectivity index (χ2v) is 8.43. The van der Waals surface area contributed by atoms with Gasteiger partial charge < -0.3 is 5.11 Å². The van der Waals surface area contributed by atoms with Gasteiger partial charge in [0.15, 0.2) is 0 Å². The van der Waals surface area contributed by atoms with Crippen LogP contribution in [0.1, 0.15) is 24.8 Å². The van der Waals surface area contributed by atoms with Crippen molar-refractivity contribution in [1.82, 2.24) is 0 Å². The molecule has 1 fully saturated rings. The van der Waals surface area contributed by atoms with Gasteiger partial charge in [0, 0.05) is 27.6 Å². The number of benzene rings is 1. The van der Waals surface area contributed by atoms with Crippen molar-refractivity contribution in [1.29, 1.82) is 0 Å². The summed E-state index contributed by atoms with van der Waals surface area (Å²) in [6.45, 7) is 0. The van der Waals surface area contributed by atoms with Crippen molar-refractivity contribution in [2.75, 3.05) is 0 Å². The molecule has 3 nitrogen and oxygen atoms in total. The van der Waals surface area contributed by atoms with E-state index in [0.717, 1.165) is 29.0 Å². The maximum absolute atomic E-state index is 11.2. The number of carboxylic acids is 1. The summed E-state index contributed by atoms with van der Waals surface area (Å²) < 4.78 is 0. The quantitative estimate of drug-likeness (QED) is 0.703. The summed E-state index contributed by atoms with van der Waals surface area (Å²) in [4.78, 5) is 16.8. The van der Waals surface area contributed by atoms with Crippen LogP contribution in [0.5, 0.6) is 0 Å². The van der Waals surface area contributed by atoms with E-state index in [0.29, 0.717) is 5.02 Å². The first-order valence-corrected chi connectivity index (χ1v) is 10.2. The molecule has 1 unspecified atom stereocenters. The summed E-state index contributed by atoms with van der Waals surface area (Å²) in [6, 6.07) is 7.76. The van der Waals surface area contributed by atoms with E-state index in [4.69, 9.17) is 11.6 Å². The maximum atomic E-state index is 11.2. The first-order valence-electron chi connectivity index (χ1n) is 7.63. The third-order valence-corrected chi connectivity index (χ3v) is 6.99. The van der Waals surface area contributed by atoms with Crippen LogP contribution in [0, 0.1) is 5.92 Å². The van der Waals surface area contributed by atoms with E-state index < -0.39 is 5.97 Å². The molecule has 0 aromatic heterocycles. The zero-order chi connectivity index (χ0) is 16.7. The van der Waals surface area contributed by atoms with Crippen LogP contribution in [0.4, 0.5) is 0 Å². The number of fused-ring (bicyclic) bond motifs is 3. The van der Waals surface area contributed by atoms with Gasteiger partial charge in [0.1, 0.15) is 0 Å². The van der Waals surface area contributed by atoms with Gasteiger partial charge in [-0.15, -0.1) is 0 Å². The zero-order valence-corrected chi connectivity index (χ0v) is 15.0. The third-order valence-electron chi connectivity index (χ3n) is 4.44. The Hall–Kier alpha value is -1.43. The average Bonchev–Trinajstić information content (AvgIpc) is 2.94. The summed E-state index contributed by atoms with van der Waals surface area (Å²) in [5.41, 5.74) is 5.61. The van der Waals surface area contributed by atoms with Crippen LogP contribution < -0.4 is 0 Å². The SMILES string of the molecule is O=C(O)CC1=C2C(=CSS1)CC1=C(c3ccccc3Cl)N=CCC12. The number of carbonyl (C=O) groups is 1. The molecule has 0 spiro atoms. The lowest BCUT2D eigenvalue weighted by Gasteiger charge is -2.22. The third kappa shape index (κ3) is 2.75. The molecule has 0 saturated heterocycles. The van der Waals surface area contributed by atoms with Crippen molar-refractivity contribution in [3.63, 3.8) is 0 Å². The summed E-state index contributed by atoms with van der Waals surface area (Å²) in [5, 5.41) is 12.1. The first kappa shape index (κ1) is 16.1. The highest BCUT2D eigenvalue weighted by molar-refractivity contribution is 8.79. The maximum Gasteiger partial charge on any atom is 0.308 e. The number of halogens is 1. The first-order chi connectivity index (χ1) is 11.6. The van der Waals surface area contributed by atoms with Gasteiger partial charge in [-0.3, -0.25) is 9.79 Å². The van der Waals surface area contributed by atoms with Gasteiger partial charge >= 0.3 is 5.97 Å². The lowest BCUT2D eigenvalue weighted by atomic mass is 9.89. The molecule has 1 aromatic rings. The summed E-state index contributed by atoms with van der Waals surface area (Å²) in [6.07, 6.45) is 3.68. The minimum absolute atomic E-state index is 0.0900. The number of hydrogen-bond donors (Lipinski definition) is 1. The fourth-order valence-electron chi connectivity index (χ4n) is 3.48. The molecular weight excluding hydrogens is 362 g/mol. The van der Waals surface area contributed by atoms with Crippen molar-refractivity contribution in [3.05, 3.63) is 61.9 Å². The number of rotatable bonds is 3. The number of allylic oxidation sites excluding steroid dienone is 3. The van der Waals surface area contributed by atoms with Gasteiger partial charge in [-0.2, -0.15) is 0 Å². The number of aliphatic imine (C=N–C) groups is 1. The van der Waals surface area contributed by atoms with Crippen LogP contribution in [-0.4, -0.2) is 17.3 Å². The fraction of sp³-hybridized carbons (Fsp3) is 0.222. The van der Waals surface area contributed by atoms with Gasteiger partial charge in [0.05, 0.1) is 12.1 Å². The monoisotopic (exact) mass is 375 g/mol. The van der Waals surface area contributed by atoms with Gasteiger partial charge in [0.25, 0.3) is 0 Å². The van der Waals surface area contributed by atoms with Crippen LogP contribution in [-0.2, 0) is 4.79 Å². The van der Waals surface area contributed by atoms with Gasteiger partial charge in [-0.05, 0) is 41.0 Å². The second kappa shape index (κ2) is 6.47. The number of hydrogen-bond acceptors (Lipinski definition) is 4. The predicted molar refractivity (Wildman–Crippen MR) is 102 cm³/mol. The van der Waals surface area contributed by atoms with Crippen molar-refractivity contribution >= 4 is 51.1 Å². The van der Waals surface area contributed by atoms with Crippen LogP contribution in [0.2, 0.25) is 5.02 Å². The summed E-state index contributed by atoms with van der Waals surface area (Å²) >= 11 is 6.38. The van der Waals surface area contributed by atoms with Crippen molar-refractivity contribution in [3.8, 4) is 0 Å². The Bertz CT molecular complexity index is 854. The average molecular weight is 376 g/mol. The van der Waals surface area contributed by atoms with E-state index in [9.17, 15) is 9.90 Å². The molecule has 1 atom stereocenters. The number of carboxylic acid groups (broad SMARTS) is 1. The number of nitrogens with zero attached hydrogens (tertiary/aromatic N) is 1. The molecule has 0 radical (unpaired) electrons. The molecule has 2 heterocycles.